The van der Waals surface area contributed by atoms with Crippen molar-refractivity contribution in [1.29, 1.82) is 0 Å². The van der Waals surface area contributed by atoms with E-state index < -0.39 is 12.2 Å². The normalized spacial score (nSPS) is 14.0. The lowest BCUT2D eigenvalue weighted by Gasteiger charge is -2.26. The summed E-state index contributed by atoms with van der Waals surface area (Å²) < 4.78 is 51.1. The fourth-order valence-corrected chi connectivity index (χ4v) is 3.68. The maximum atomic E-state index is 11.8. The Morgan fingerprint density at radius 3 is 1.36 bits per heavy atom. The minimum absolute atomic E-state index is 0.0204. The predicted molar refractivity (Wildman–Crippen MR) is 193 cm³/mol. The molecule has 0 aromatic heterocycles. The lowest BCUT2D eigenvalue weighted by molar-refractivity contribution is -0.373. The van der Waals surface area contributed by atoms with Gasteiger partial charge in [0.05, 0.1) is 117 Å². The van der Waals surface area contributed by atoms with Crippen LogP contribution in [0.4, 0.5) is 0 Å². The van der Waals surface area contributed by atoms with Gasteiger partial charge < -0.3 is 53.3 Å². The molecule has 0 aliphatic heterocycles. The summed E-state index contributed by atoms with van der Waals surface area (Å²) in [6, 6.07) is 0. The van der Waals surface area contributed by atoms with Gasteiger partial charge in [-0.25, -0.2) is 9.78 Å². The van der Waals surface area contributed by atoms with Gasteiger partial charge in [-0.15, -0.1) is 0 Å². The highest BCUT2D eigenvalue weighted by molar-refractivity contribution is 5.76. The molecule has 0 saturated carbocycles. The Morgan fingerprint density at radius 1 is 0.520 bits per heavy atom. The summed E-state index contributed by atoms with van der Waals surface area (Å²) >= 11 is 0. The average molecular weight is 727 g/mol. The van der Waals surface area contributed by atoms with Gasteiger partial charge in [0, 0.05) is 24.0 Å². The first-order valence-electron chi connectivity index (χ1n) is 18.1. The Hall–Kier alpha value is -1.01. The van der Waals surface area contributed by atoms with Crippen molar-refractivity contribution in [2.45, 2.75) is 118 Å². The number of amides is 1. The molecule has 0 saturated heterocycles. The largest absolute Gasteiger partial charge is 0.379 e. The highest BCUT2D eigenvalue weighted by atomic mass is 17.2. The molecule has 0 spiro atoms. The number of carbonyl (C=O) groups is 1. The third kappa shape index (κ3) is 38.2. The molecule has 14 heteroatoms. The van der Waals surface area contributed by atoms with E-state index >= 15 is 0 Å². The SMILES string of the molecule is CC(C)OCC(COCCOCCOCCC(=O)NC(C)(C)C)OOC(COCCOCCOCCOCCNC(C)(C)C)COC(C)(C)C. The van der Waals surface area contributed by atoms with E-state index in [1.807, 2.05) is 55.4 Å². The Balaban J connectivity index is 4.26. The van der Waals surface area contributed by atoms with Crippen LogP contribution in [-0.2, 0) is 57.2 Å². The molecule has 0 aromatic rings. The number of carbonyl (C=O) groups excluding carboxylic acids is 1. The fourth-order valence-electron chi connectivity index (χ4n) is 3.68. The van der Waals surface area contributed by atoms with Crippen LogP contribution in [0.1, 0.15) is 82.6 Å². The molecule has 2 atom stereocenters. The molecule has 50 heavy (non-hydrogen) atoms. The van der Waals surface area contributed by atoms with Crippen LogP contribution in [0.25, 0.3) is 0 Å². The van der Waals surface area contributed by atoms with Crippen molar-refractivity contribution in [3.63, 3.8) is 0 Å². The average Bonchev–Trinajstić information content (AvgIpc) is 2.99. The molecule has 0 rings (SSSR count). The molecular weight excluding hydrogens is 652 g/mol. The molecule has 300 valence electrons. The van der Waals surface area contributed by atoms with E-state index in [2.05, 4.69) is 31.4 Å². The number of hydrogen-bond acceptors (Lipinski definition) is 13. The molecular formula is C36H74N2O12. The zero-order valence-corrected chi connectivity index (χ0v) is 33.4. The molecule has 0 fully saturated rings. The summed E-state index contributed by atoms with van der Waals surface area (Å²) in [5, 5.41) is 6.28. The van der Waals surface area contributed by atoms with Crippen LogP contribution in [0.3, 0.4) is 0 Å². The molecule has 0 bridgehead atoms. The second-order valence-electron chi connectivity index (χ2n) is 15.2. The topological polar surface area (TPSA) is 143 Å². The maximum Gasteiger partial charge on any atom is 0.222 e. The Kier molecular flexibility index (Phi) is 28.8. The third-order valence-corrected chi connectivity index (χ3v) is 6.00. The van der Waals surface area contributed by atoms with Crippen molar-refractivity contribution < 1.29 is 57.2 Å². The van der Waals surface area contributed by atoms with Crippen molar-refractivity contribution >= 4 is 5.91 Å². The molecule has 2 unspecified atom stereocenters. The quantitative estimate of drug-likeness (QED) is 0.0577. The van der Waals surface area contributed by atoms with Gasteiger partial charge in [0.15, 0.2) is 0 Å². The van der Waals surface area contributed by atoms with Crippen molar-refractivity contribution in [3.05, 3.63) is 0 Å². The zero-order chi connectivity index (χ0) is 37.7. The van der Waals surface area contributed by atoms with Crippen LogP contribution in [-0.4, -0.2) is 153 Å². The monoisotopic (exact) mass is 727 g/mol. The zero-order valence-electron chi connectivity index (χ0n) is 33.4. The molecule has 0 radical (unpaired) electrons. The van der Waals surface area contributed by atoms with Crippen LogP contribution < -0.4 is 10.6 Å². The van der Waals surface area contributed by atoms with Gasteiger partial charge in [-0.1, -0.05) is 0 Å². The number of ether oxygens (including phenoxy) is 9. The van der Waals surface area contributed by atoms with E-state index in [9.17, 15) is 4.79 Å². The van der Waals surface area contributed by atoms with Crippen molar-refractivity contribution in [1.82, 2.24) is 10.6 Å². The van der Waals surface area contributed by atoms with Gasteiger partial charge in [-0.05, 0) is 76.2 Å². The first kappa shape index (κ1) is 49.0. The van der Waals surface area contributed by atoms with E-state index in [1.54, 1.807) is 0 Å². The molecule has 1 amide bonds. The molecule has 0 aliphatic rings. The smallest absolute Gasteiger partial charge is 0.222 e. The van der Waals surface area contributed by atoms with Crippen molar-refractivity contribution in [3.8, 4) is 0 Å². The van der Waals surface area contributed by atoms with Crippen molar-refractivity contribution in [2.24, 2.45) is 0 Å². The van der Waals surface area contributed by atoms with E-state index in [0.29, 0.717) is 92.3 Å². The highest BCUT2D eigenvalue weighted by Gasteiger charge is 2.21. The highest BCUT2D eigenvalue weighted by Crippen LogP contribution is 2.10. The minimum atomic E-state index is -0.472. The summed E-state index contributed by atoms with van der Waals surface area (Å²) in [7, 11) is 0. The first-order chi connectivity index (χ1) is 23.5. The number of hydrogen-bond donors (Lipinski definition) is 2. The molecule has 2 N–H and O–H groups in total. The Labute approximate surface area is 303 Å². The Bertz CT molecular complexity index is 785. The van der Waals surface area contributed by atoms with Gasteiger partial charge in [-0.3, -0.25) is 4.79 Å². The lowest BCUT2D eigenvalue weighted by Crippen LogP contribution is -2.40. The third-order valence-electron chi connectivity index (χ3n) is 6.00. The van der Waals surface area contributed by atoms with Gasteiger partial charge in [0.2, 0.25) is 5.91 Å². The Morgan fingerprint density at radius 2 is 0.940 bits per heavy atom. The van der Waals surface area contributed by atoms with E-state index in [0.717, 1.165) is 6.54 Å². The van der Waals surface area contributed by atoms with Gasteiger partial charge in [0.25, 0.3) is 0 Å². The lowest BCUT2D eigenvalue weighted by atomic mass is 10.1. The van der Waals surface area contributed by atoms with Gasteiger partial charge in [0.1, 0.15) is 12.2 Å². The summed E-state index contributed by atoms with van der Waals surface area (Å²) in [6.45, 7) is 29.4. The van der Waals surface area contributed by atoms with Crippen LogP contribution in [0.15, 0.2) is 0 Å². The first-order valence-corrected chi connectivity index (χ1v) is 18.1. The number of nitrogens with one attached hydrogen (secondary N) is 2. The second kappa shape index (κ2) is 29.4. The summed E-state index contributed by atoms with van der Waals surface area (Å²) in [4.78, 5) is 23.3. The standard InChI is InChI=1S/C36H74N2O12/c1-30(2)47-28-31(26-45-24-22-43-18-16-40-14-12-33(39)38-35(6,7)8)49-50-32(29-48-36(9,10)11)27-46-25-23-44-21-20-42-19-17-41-15-13-37-34(3,4)5/h30-32,37H,12-29H2,1-11H3,(H,38,39). The second-order valence-corrected chi connectivity index (χ2v) is 15.2. The summed E-state index contributed by atoms with van der Waals surface area (Å²) in [5.41, 5.74) is -0.509. The molecule has 0 aromatic carbocycles. The van der Waals surface area contributed by atoms with Gasteiger partial charge >= 0.3 is 0 Å². The molecule has 0 heterocycles. The fraction of sp³-hybridized carbons (Fsp3) is 0.972. The van der Waals surface area contributed by atoms with Crippen LogP contribution in [0.2, 0.25) is 0 Å². The molecule has 0 aliphatic carbocycles. The van der Waals surface area contributed by atoms with Gasteiger partial charge in [-0.2, -0.15) is 0 Å². The molecule has 14 nitrogen and oxygen atoms in total. The van der Waals surface area contributed by atoms with E-state index in [1.165, 1.54) is 0 Å². The van der Waals surface area contributed by atoms with Crippen LogP contribution in [0.5, 0.6) is 0 Å². The minimum Gasteiger partial charge on any atom is -0.379 e. The number of rotatable bonds is 33. The van der Waals surface area contributed by atoms with Crippen LogP contribution in [0, 0.1) is 0 Å². The summed E-state index contributed by atoms with van der Waals surface area (Å²) in [6.07, 6.45) is -0.603. The summed E-state index contributed by atoms with van der Waals surface area (Å²) in [5.74, 6) is -0.0324. The maximum absolute atomic E-state index is 11.8. The van der Waals surface area contributed by atoms with Crippen LogP contribution >= 0.6 is 0 Å². The predicted octanol–water partition coefficient (Wildman–Crippen LogP) is 3.72. The van der Waals surface area contributed by atoms with Crippen molar-refractivity contribution in [2.75, 3.05) is 112 Å². The van der Waals surface area contributed by atoms with E-state index in [4.69, 9.17) is 52.4 Å². The van der Waals surface area contributed by atoms with E-state index in [-0.39, 0.29) is 48.5 Å².